The molecule has 0 radical (unpaired) electrons. The standard InChI is InChI=1S/C25H28N2O7S/c1-19(2)34-22-4-6-23(7-5-22)35(29,30)27-12-10-26(11-13-27)21-3-8-24(20-9-14-31-16-20)25(15-21)33-18-32-17-28/h3-9,14-17,19H,10-13,18H2,1-2H3. The molecule has 0 atom stereocenters. The number of ether oxygens (including phenoxy) is 3. The number of rotatable bonds is 10. The summed E-state index contributed by atoms with van der Waals surface area (Å²) in [6, 6.07) is 14.1. The molecule has 9 nitrogen and oxygen atoms in total. The summed E-state index contributed by atoms with van der Waals surface area (Å²) in [4.78, 5) is 12.9. The van der Waals surface area contributed by atoms with E-state index in [1.165, 1.54) is 4.31 Å². The number of sulfonamides is 1. The van der Waals surface area contributed by atoms with Crippen molar-refractivity contribution in [3.63, 3.8) is 0 Å². The molecule has 0 saturated carbocycles. The van der Waals surface area contributed by atoms with E-state index in [1.54, 1.807) is 36.8 Å². The number of piperazine rings is 1. The minimum Gasteiger partial charge on any atom is -0.491 e. The second-order valence-corrected chi connectivity index (χ2v) is 10.2. The van der Waals surface area contributed by atoms with Gasteiger partial charge in [0.2, 0.25) is 16.8 Å². The molecule has 1 aliphatic rings. The summed E-state index contributed by atoms with van der Waals surface area (Å²) < 4.78 is 48.9. The van der Waals surface area contributed by atoms with Gasteiger partial charge < -0.3 is 23.5 Å². The quantitative estimate of drug-likeness (QED) is 0.236. The van der Waals surface area contributed by atoms with Gasteiger partial charge in [-0.1, -0.05) is 0 Å². The van der Waals surface area contributed by atoms with Gasteiger partial charge >= 0.3 is 0 Å². The number of nitrogens with zero attached hydrogens (tertiary/aromatic N) is 2. The van der Waals surface area contributed by atoms with Gasteiger partial charge in [-0.15, -0.1) is 0 Å². The van der Waals surface area contributed by atoms with E-state index in [9.17, 15) is 13.2 Å². The predicted molar refractivity (Wildman–Crippen MR) is 130 cm³/mol. The van der Waals surface area contributed by atoms with Gasteiger partial charge in [0.1, 0.15) is 11.5 Å². The van der Waals surface area contributed by atoms with Crippen LogP contribution in [0.3, 0.4) is 0 Å². The number of carbonyl (C=O) groups is 1. The molecule has 0 aliphatic carbocycles. The van der Waals surface area contributed by atoms with Crippen LogP contribution in [0.2, 0.25) is 0 Å². The van der Waals surface area contributed by atoms with Gasteiger partial charge in [0, 0.05) is 49.1 Å². The van der Waals surface area contributed by atoms with Crippen molar-refractivity contribution >= 4 is 22.2 Å². The lowest BCUT2D eigenvalue weighted by Crippen LogP contribution is -2.48. The molecule has 0 amide bonds. The number of anilines is 1. The van der Waals surface area contributed by atoms with Gasteiger partial charge in [0.25, 0.3) is 6.47 Å². The molecule has 10 heteroatoms. The molecule has 0 unspecified atom stereocenters. The van der Waals surface area contributed by atoms with Crippen LogP contribution < -0.4 is 14.4 Å². The first kappa shape index (κ1) is 24.6. The average Bonchev–Trinajstić information content (AvgIpc) is 3.39. The highest BCUT2D eigenvalue weighted by Gasteiger charge is 2.29. The Morgan fingerprint density at radius 1 is 1.03 bits per heavy atom. The normalized spacial score (nSPS) is 14.7. The Labute approximate surface area is 204 Å². The molecule has 186 valence electrons. The van der Waals surface area contributed by atoms with Crippen molar-refractivity contribution in [3.05, 3.63) is 61.1 Å². The van der Waals surface area contributed by atoms with Gasteiger partial charge in [0.05, 0.1) is 23.5 Å². The Kier molecular flexibility index (Phi) is 7.62. The maximum absolute atomic E-state index is 13.1. The molecule has 0 N–H and O–H groups in total. The Bertz CT molecular complexity index is 1220. The van der Waals surface area contributed by atoms with Crippen LogP contribution in [0.4, 0.5) is 5.69 Å². The highest BCUT2D eigenvalue weighted by molar-refractivity contribution is 7.89. The van der Waals surface area contributed by atoms with Crippen LogP contribution in [0.25, 0.3) is 11.1 Å². The Balaban J connectivity index is 1.45. The molecule has 35 heavy (non-hydrogen) atoms. The minimum atomic E-state index is -3.61. The first-order valence-corrected chi connectivity index (χ1v) is 12.7. The van der Waals surface area contributed by atoms with Crippen LogP contribution in [-0.4, -0.2) is 58.3 Å². The zero-order valence-electron chi connectivity index (χ0n) is 19.6. The third-order valence-electron chi connectivity index (χ3n) is 5.58. The third-order valence-corrected chi connectivity index (χ3v) is 7.50. The van der Waals surface area contributed by atoms with E-state index >= 15 is 0 Å². The second kappa shape index (κ2) is 10.8. The van der Waals surface area contributed by atoms with Crippen molar-refractivity contribution in [2.24, 2.45) is 0 Å². The van der Waals surface area contributed by atoms with Crippen LogP contribution in [0.15, 0.2) is 70.4 Å². The number of carbonyl (C=O) groups excluding carboxylic acids is 1. The summed E-state index contributed by atoms with van der Waals surface area (Å²) in [7, 11) is -3.61. The van der Waals surface area contributed by atoms with Crippen molar-refractivity contribution in [3.8, 4) is 22.6 Å². The zero-order valence-corrected chi connectivity index (χ0v) is 20.4. The van der Waals surface area contributed by atoms with Gasteiger partial charge in [-0.3, -0.25) is 4.79 Å². The van der Waals surface area contributed by atoms with E-state index in [2.05, 4.69) is 4.90 Å². The molecule has 3 aromatic rings. The number of hydrogen-bond acceptors (Lipinski definition) is 8. The van der Waals surface area contributed by atoms with Gasteiger partial charge in [-0.25, -0.2) is 8.42 Å². The van der Waals surface area contributed by atoms with Gasteiger partial charge in [-0.05, 0) is 56.3 Å². The summed E-state index contributed by atoms with van der Waals surface area (Å²) in [6.07, 6.45) is 3.19. The summed E-state index contributed by atoms with van der Waals surface area (Å²) >= 11 is 0. The molecule has 1 fully saturated rings. The summed E-state index contributed by atoms with van der Waals surface area (Å²) in [5, 5.41) is 0. The van der Waals surface area contributed by atoms with E-state index < -0.39 is 10.0 Å². The lowest BCUT2D eigenvalue weighted by atomic mass is 10.1. The largest absolute Gasteiger partial charge is 0.491 e. The Morgan fingerprint density at radius 3 is 2.40 bits per heavy atom. The first-order chi connectivity index (χ1) is 16.9. The second-order valence-electron chi connectivity index (χ2n) is 8.25. The fraction of sp³-hybridized carbons (Fsp3) is 0.320. The third kappa shape index (κ3) is 5.77. The van der Waals surface area contributed by atoms with Crippen LogP contribution in [0, 0.1) is 0 Å². The predicted octanol–water partition coefficient (Wildman–Crippen LogP) is 3.75. The zero-order chi connectivity index (χ0) is 24.8. The molecule has 1 aliphatic heterocycles. The molecule has 0 spiro atoms. The maximum Gasteiger partial charge on any atom is 0.295 e. The van der Waals surface area contributed by atoms with Crippen molar-refractivity contribution in [2.75, 3.05) is 37.9 Å². The molecule has 2 aromatic carbocycles. The van der Waals surface area contributed by atoms with Crippen LogP contribution in [-0.2, 0) is 19.6 Å². The van der Waals surface area contributed by atoms with E-state index in [-0.39, 0.29) is 17.8 Å². The van der Waals surface area contributed by atoms with Crippen molar-refractivity contribution in [1.29, 1.82) is 0 Å². The van der Waals surface area contributed by atoms with Crippen LogP contribution in [0.5, 0.6) is 11.5 Å². The first-order valence-electron chi connectivity index (χ1n) is 11.2. The molecular formula is C25H28N2O7S. The van der Waals surface area contributed by atoms with E-state index in [1.807, 2.05) is 38.1 Å². The molecule has 1 aromatic heterocycles. The summed E-state index contributed by atoms with van der Waals surface area (Å²) in [5.74, 6) is 1.17. The average molecular weight is 501 g/mol. The lowest BCUT2D eigenvalue weighted by molar-refractivity contribution is -0.134. The van der Waals surface area contributed by atoms with Crippen LogP contribution >= 0.6 is 0 Å². The minimum absolute atomic E-state index is 0.0164. The van der Waals surface area contributed by atoms with E-state index in [0.29, 0.717) is 44.2 Å². The molecule has 1 saturated heterocycles. The highest BCUT2D eigenvalue weighted by Crippen LogP contribution is 2.35. The van der Waals surface area contributed by atoms with Crippen molar-refractivity contribution < 1.29 is 31.8 Å². The SMILES string of the molecule is CC(C)Oc1ccc(S(=O)(=O)N2CCN(c3ccc(-c4ccoc4)c(OCOC=O)c3)CC2)cc1. The van der Waals surface area contributed by atoms with Crippen molar-refractivity contribution in [1.82, 2.24) is 4.31 Å². The number of furan rings is 1. The van der Waals surface area contributed by atoms with Crippen molar-refractivity contribution in [2.45, 2.75) is 24.8 Å². The van der Waals surface area contributed by atoms with E-state index in [4.69, 9.17) is 18.6 Å². The maximum atomic E-state index is 13.1. The molecule has 0 bridgehead atoms. The summed E-state index contributed by atoms with van der Waals surface area (Å²) in [5.41, 5.74) is 2.51. The lowest BCUT2D eigenvalue weighted by Gasteiger charge is -2.35. The molecule has 4 rings (SSSR count). The molecular weight excluding hydrogens is 472 g/mol. The smallest absolute Gasteiger partial charge is 0.295 e. The Hall–Kier alpha value is -3.50. The highest BCUT2D eigenvalue weighted by atomic mass is 32.2. The van der Waals surface area contributed by atoms with Gasteiger partial charge in [0.15, 0.2) is 0 Å². The monoisotopic (exact) mass is 500 g/mol. The number of hydrogen-bond donors (Lipinski definition) is 0. The Morgan fingerprint density at radius 2 is 1.77 bits per heavy atom. The fourth-order valence-electron chi connectivity index (χ4n) is 3.91. The van der Waals surface area contributed by atoms with E-state index in [0.717, 1.165) is 16.8 Å². The topological polar surface area (TPSA) is 98.5 Å². The van der Waals surface area contributed by atoms with Crippen LogP contribution in [0.1, 0.15) is 13.8 Å². The van der Waals surface area contributed by atoms with Gasteiger partial charge in [-0.2, -0.15) is 4.31 Å². The molecule has 2 heterocycles. The fourth-order valence-corrected chi connectivity index (χ4v) is 5.33. The summed E-state index contributed by atoms with van der Waals surface area (Å²) in [6.45, 7) is 5.68. The number of benzene rings is 2.